The summed E-state index contributed by atoms with van der Waals surface area (Å²) in [7, 11) is 1.31. The van der Waals surface area contributed by atoms with Gasteiger partial charge in [-0.25, -0.2) is 4.79 Å². The molecule has 3 heterocycles. The number of β-lactam (4-membered cyclic amide) rings is 1. The van der Waals surface area contributed by atoms with Crippen molar-refractivity contribution >= 4 is 52.6 Å². The highest BCUT2D eigenvalue weighted by Gasteiger charge is 2.54. The molecular formula is C17H17N3O7S2. The van der Waals surface area contributed by atoms with Crippen LogP contribution in [-0.4, -0.2) is 70.4 Å². The van der Waals surface area contributed by atoms with Crippen LogP contribution in [-0.2, 0) is 28.8 Å². The Morgan fingerprint density at radius 2 is 2.17 bits per heavy atom. The number of fused-ring (bicyclic) bond motifs is 1. The van der Waals surface area contributed by atoms with E-state index in [2.05, 4.69) is 10.5 Å². The van der Waals surface area contributed by atoms with Gasteiger partial charge in [0.1, 0.15) is 30.8 Å². The average molecular weight is 439 g/mol. The Labute approximate surface area is 173 Å². The van der Waals surface area contributed by atoms with E-state index in [9.17, 15) is 24.3 Å². The van der Waals surface area contributed by atoms with Gasteiger partial charge < -0.3 is 20.0 Å². The molecule has 1 fully saturated rings. The van der Waals surface area contributed by atoms with Crippen LogP contribution in [0.25, 0.3) is 0 Å². The number of esters is 1. The first kappa shape index (κ1) is 20.9. The maximum Gasteiger partial charge on any atom is 0.352 e. The van der Waals surface area contributed by atoms with Crippen molar-refractivity contribution < 1.29 is 33.9 Å². The standard InChI is InChI=1S/C17H17N3O7S2/c1-8(21)27-6-9-7-29-16-12(15(23)20(16)13(9)17(24)25)18-14(22)11(19-26-2)10-4-3-5-28-10/h3-5,12,16H,6-7H2,1-2H3,(H,18,22)(H,24,25)/t12-,16-/m1/s1. The van der Waals surface area contributed by atoms with Crippen molar-refractivity contribution in [3.05, 3.63) is 33.7 Å². The van der Waals surface area contributed by atoms with Crippen molar-refractivity contribution in [1.29, 1.82) is 0 Å². The van der Waals surface area contributed by atoms with Gasteiger partial charge in [-0.2, -0.15) is 0 Å². The predicted molar refractivity (Wildman–Crippen MR) is 104 cm³/mol. The monoisotopic (exact) mass is 439 g/mol. The molecule has 2 aliphatic heterocycles. The normalized spacial score (nSPS) is 21.2. The number of thiophene rings is 1. The summed E-state index contributed by atoms with van der Waals surface area (Å²) in [5, 5.41) is 17.1. The molecule has 0 bridgehead atoms. The second-order valence-corrected chi connectivity index (χ2v) is 8.05. The molecule has 2 aliphatic rings. The van der Waals surface area contributed by atoms with Gasteiger partial charge in [0.05, 0.1) is 4.88 Å². The molecule has 0 unspecified atom stereocenters. The number of nitrogens with one attached hydrogen (secondary N) is 1. The Morgan fingerprint density at radius 1 is 1.41 bits per heavy atom. The van der Waals surface area contributed by atoms with Crippen molar-refractivity contribution in [2.45, 2.75) is 18.3 Å². The number of thioether (sulfide) groups is 1. The summed E-state index contributed by atoms with van der Waals surface area (Å²) in [6.45, 7) is 1.01. The van der Waals surface area contributed by atoms with Gasteiger partial charge in [-0.05, 0) is 11.4 Å². The van der Waals surface area contributed by atoms with Crippen molar-refractivity contribution in [1.82, 2.24) is 10.2 Å². The van der Waals surface area contributed by atoms with Crippen LogP contribution < -0.4 is 5.32 Å². The minimum absolute atomic E-state index is 0.0270. The Balaban J connectivity index is 1.77. The molecule has 2 amide bonds. The predicted octanol–water partition coefficient (Wildman–Crippen LogP) is 0.400. The number of oxime groups is 1. The number of ether oxygens (including phenoxy) is 1. The molecule has 12 heteroatoms. The van der Waals surface area contributed by atoms with E-state index >= 15 is 0 Å². The van der Waals surface area contributed by atoms with Gasteiger partial charge >= 0.3 is 11.9 Å². The van der Waals surface area contributed by atoms with Gasteiger partial charge in [-0.3, -0.25) is 19.3 Å². The molecule has 29 heavy (non-hydrogen) atoms. The lowest BCUT2D eigenvalue weighted by Gasteiger charge is -2.49. The third-order valence-electron chi connectivity index (χ3n) is 4.14. The van der Waals surface area contributed by atoms with E-state index in [1.807, 2.05) is 0 Å². The molecule has 154 valence electrons. The lowest BCUT2D eigenvalue weighted by Crippen LogP contribution is -2.71. The minimum atomic E-state index is -1.30. The molecule has 0 radical (unpaired) electrons. The molecule has 1 saturated heterocycles. The number of nitrogens with zero attached hydrogens (tertiary/aromatic N) is 2. The van der Waals surface area contributed by atoms with Crippen molar-refractivity contribution in [3.63, 3.8) is 0 Å². The van der Waals surface area contributed by atoms with Gasteiger partial charge in [-0.1, -0.05) is 11.2 Å². The lowest BCUT2D eigenvalue weighted by atomic mass is 10.0. The quantitative estimate of drug-likeness (QED) is 0.270. The highest BCUT2D eigenvalue weighted by Crippen LogP contribution is 2.40. The van der Waals surface area contributed by atoms with E-state index in [1.165, 1.54) is 37.1 Å². The number of carbonyl (C=O) groups excluding carboxylic acids is 3. The molecule has 0 saturated carbocycles. The third-order valence-corrected chi connectivity index (χ3v) is 6.35. The first-order valence-electron chi connectivity index (χ1n) is 8.34. The maximum absolute atomic E-state index is 12.6. The number of carboxylic acids is 1. The van der Waals surface area contributed by atoms with Crippen LogP contribution in [0.4, 0.5) is 0 Å². The lowest BCUT2D eigenvalue weighted by molar-refractivity contribution is -0.150. The average Bonchev–Trinajstić information content (AvgIpc) is 3.21. The van der Waals surface area contributed by atoms with Crippen molar-refractivity contribution in [2.24, 2.45) is 5.16 Å². The highest BCUT2D eigenvalue weighted by atomic mass is 32.2. The van der Waals surface area contributed by atoms with Crippen LogP contribution in [0.5, 0.6) is 0 Å². The molecule has 1 aromatic rings. The fourth-order valence-corrected chi connectivity index (χ4v) is 4.93. The number of hydrogen-bond donors (Lipinski definition) is 2. The largest absolute Gasteiger partial charge is 0.477 e. The van der Waals surface area contributed by atoms with Crippen LogP contribution in [0.3, 0.4) is 0 Å². The maximum atomic E-state index is 12.6. The Bertz CT molecular complexity index is 910. The smallest absolute Gasteiger partial charge is 0.352 e. The summed E-state index contributed by atoms with van der Waals surface area (Å²) < 4.78 is 4.89. The zero-order valence-corrected chi connectivity index (χ0v) is 17.0. The van der Waals surface area contributed by atoms with E-state index in [1.54, 1.807) is 17.5 Å². The van der Waals surface area contributed by atoms with Crippen molar-refractivity contribution in [2.75, 3.05) is 19.5 Å². The number of carbonyl (C=O) groups is 4. The highest BCUT2D eigenvalue weighted by molar-refractivity contribution is 8.00. The second kappa shape index (κ2) is 8.66. The number of aliphatic carboxylic acids is 1. The van der Waals surface area contributed by atoms with Gasteiger partial charge in [0, 0.05) is 18.2 Å². The Morgan fingerprint density at radius 3 is 2.76 bits per heavy atom. The first-order valence-corrected chi connectivity index (χ1v) is 10.3. The molecular weight excluding hydrogens is 422 g/mol. The fourth-order valence-electron chi connectivity index (χ4n) is 2.90. The Hall–Kier alpha value is -2.86. The van der Waals surface area contributed by atoms with E-state index in [4.69, 9.17) is 9.57 Å². The van der Waals surface area contributed by atoms with Crippen LogP contribution in [0, 0.1) is 0 Å². The number of rotatable bonds is 7. The molecule has 2 N–H and O–H groups in total. The van der Waals surface area contributed by atoms with E-state index in [0.29, 0.717) is 10.5 Å². The van der Waals surface area contributed by atoms with Crippen molar-refractivity contribution in [3.8, 4) is 0 Å². The zero-order chi connectivity index (χ0) is 21.1. The third kappa shape index (κ3) is 4.12. The number of carboxylic acid groups (broad SMARTS) is 1. The second-order valence-electron chi connectivity index (χ2n) is 6.00. The molecule has 10 nitrogen and oxygen atoms in total. The topological polar surface area (TPSA) is 135 Å². The van der Waals surface area contributed by atoms with Crippen LogP contribution in [0.2, 0.25) is 0 Å². The van der Waals surface area contributed by atoms with Gasteiger partial charge in [0.25, 0.3) is 11.8 Å². The zero-order valence-electron chi connectivity index (χ0n) is 15.4. The summed E-state index contributed by atoms with van der Waals surface area (Å²) in [6.07, 6.45) is 0. The number of hydrogen-bond acceptors (Lipinski definition) is 9. The summed E-state index contributed by atoms with van der Waals surface area (Å²) in [5.41, 5.74) is 0.140. The van der Waals surface area contributed by atoms with Gasteiger partial charge in [0.2, 0.25) is 0 Å². The van der Waals surface area contributed by atoms with E-state index < -0.39 is 35.2 Å². The SMILES string of the molecule is CON=C(C(=O)N[C@@H]1C(=O)N2C(C(=O)O)=C(COC(C)=O)CS[C@H]12)c1cccs1. The fraction of sp³-hybridized carbons (Fsp3) is 0.353. The molecule has 0 spiro atoms. The van der Waals surface area contributed by atoms with Gasteiger partial charge in [0.15, 0.2) is 5.71 Å². The summed E-state index contributed by atoms with van der Waals surface area (Å²) >= 11 is 2.57. The summed E-state index contributed by atoms with van der Waals surface area (Å²) in [6, 6.07) is 2.54. The van der Waals surface area contributed by atoms with Gasteiger partial charge in [-0.15, -0.1) is 23.1 Å². The van der Waals surface area contributed by atoms with Crippen LogP contribution in [0.15, 0.2) is 33.9 Å². The van der Waals surface area contributed by atoms with Crippen LogP contribution >= 0.6 is 23.1 Å². The molecule has 0 aromatic carbocycles. The molecule has 2 atom stereocenters. The number of amides is 2. The first-order chi connectivity index (χ1) is 13.8. The van der Waals surface area contributed by atoms with E-state index in [0.717, 1.165) is 4.90 Å². The molecule has 1 aromatic heterocycles. The molecule has 0 aliphatic carbocycles. The van der Waals surface area contributed by atoms with Crippen LogP contribution in [0.1, 0.15) is 11.8 Å². The summed E-state index contributed by atoms with van der Waals surface area (Å²) in [4.78, 5) is 54.4. The summed E-state index contributed by atoms with van der Waals surface area (Å²) in [5.74, 6) is -2.75. The minimum Gasteiger partial charge on any atom is -0.477 e. The molecule has 3 rings (SSSR count). The van der Waals surface area contributed by atoms with E-state index in [-0.39, 0.29) is 23.8 Å². The Kier molecular flexibility index (Phi) is 6.23.